The number of hydrogen-bond acceptors (Lipinski definition) is 5. The zero-order chi connectivity index (χ0) is 22.9. The number of esters is 1. The minimum Gasteiger partial charge on any atom is -0.481 e. The maximum Gasteiger partial charge on any atom is 0.313 e. The lowest BCUT2D eigenvalue weighted by atomic mass is 9.78. The van der Waals surface area contributed by atoms with Gasteiger partial charge < -0.3 is 9.84 Å². The Morgan fingerprint density at radius 2 is 1.68 bits per heavy atom. The van der Waals surface area contributed by atoms with E-state index in [9.17, 15) is 23.1 Å². The van der Waals surface area contributed by atoms with Crippen LogP contribution in [0.3, 0.4) is 0 Å². The Kier molecular flexibility index (Phi) is 8.76. The Labute approximate surface area is 183 Å². The minimum atomic E-state index is -3.55. The van der Waals surface area contributed by atoms with Crippen LogP contribution < -0.4 is 4.72 Å². The van der Waals surface area contributed by atoms with E-state index in [0.717, 1.165) is 11.1 Å². The van der Waals surface area contributed by atoms with Gasteiger partial charge in [-0.1, -0.05) is 42.5 Å². The van der Waals surface area contributed by atoms with Crippen molar-refractivity contribution in [3.05, 3.63) is 65.7 Å². The van der Waals surface area contributed by atoms with Crippen LogP contribution in [-0.2, 0) is 37.2 Å². The summed E-state index contributed by atoms with van der Waals surface area (Å²) in [6.07, 6.45) is 2.18. The van der Waals surface area contributed by atoms with E-state index >= 15 is 0 Å². The molecular weight excluding hydrogens is 418 g/mol. The summed E-state index contributed by atoms with van der Waals surface area (Å²) >= 11 is 0. The molecule has 8 heteroatoms. The van der Waals surface area contributed by atoms with Crippen molar-refractivity contribution >= 4 is 22.0 Å². The molecular formula is C23H29NO6S. The first kappa shape index (κ1) is 24.6. The number of benzene rings is 2. The van der Waals surface area contributed by atoms with Crippen molar-refractivity contribution in [3.63, 3.8) is 0 Å². The first-order valence-electron chi connectivity index (χ1n) is 10.1. The molecule has 0 radical (unpaired) electrons. The zero-order valence-corrected chi connectivity index (χ0v) is 18.7. The lowest BCUT2D eigenvalue weighted by Crippen LogP contribution is -2.37. The van der Waals surface area contributed by atoms with Crippen LogP contribution >= 0.6 is 0 Å². The average Bonchev–Trinajstić information content (AvgIpc) is 2.76. The third-order valence-corrected chi connectivity index (χ3v) is 6.75. The normalized spacial score (nSPS) is 13.4. The van der Waals surface area contributed by atoms with E-state index < -0.39 is 27.4 Å². The van der Waals surface area contributed by atoms with Gasteiger partial charge in [0.05, 0.1) is 4.90 Å². The fourth-order valence-corrected chi connectivity index (χ4v) is 4.23. The van der Waals surface area contributed by atoms with Gasteiger partial charge >= 0.3 is 11.9 Å². The van der Waals surface area contributed by atoms with Gasteiger partial charge in [0.15, 0.2) is 0 Å². The van der Waals surface area contributed by atoms with Crippen molar-refractivity contribution in [2.45, 2.75) is 43.9 Å². The molecule has 1 unspecified atom stereocenters. The first-order chi connectivity index (χ1) is 14.7. The van der Waals surface area contributed by atoms with Crippen LogP contribution in [0, 0.1) is 5.41 Å². The predicted octanol–water partition coefficient (Wildman–Crippen LogP) is 3.18. The van der Waals surface area contributed by atoms with Crippen LogP contribution in [-0.4, -0.2) is 39.1 Å². The predicted molar refractivity (Wildman–Crippen MR) is 117 cm³/mol. The second-order valence-electron chi connectivity index (χ2n) is 7.56. The lowest BCUT2D eigenvalue weighted by molar-refractivity contribution is -0.159. The van der Waals surface area contributed by atoms with Gasteiger partial charge in [-0.05, 0) is 62.4 Å². The van der Waals surface area contributed by atoms with Crippen molar-refractivity contribution in [3.8, 4) is 0 Å². The summed E-state index contributed by atoms with van der Waals surface area (Å²) in [5, 5.41) is 10.0. The molecule has 2 aromatic carbocycles. The molecule has 0 bridgehead atoms. The Bertz CT molecular complexity index is 990. The fourth-order valence-electron chi connectivity index (χ4n) is 3.43. The zero-order valence-electron chi connectivity index (χ0n) is 17.8. The monoisotopic (exact) mass is 447 g/mol. The quantitative estimate of drug-likeness (QED) is 0.484. The maximum atomic E-state index is 12.2. The van der Waals surface area contributed by atoms with E-state index in [-0.39, 0.29) is 11.5 Å². The topological polar surface area (TPSA) is 110 Å². The molecule has 0 heterocycles. The summed E-state index contributed by atoms with van der Waals surface area (Å²) in [4.78, 5) is 23.8. The van der Waals surface area contributed by atoms with E-state index in [0.29, 0.717) is 32.1 Å². The number of hydrogen-bond donors (Lipinski definition) is 2. The minimum absolute atomic E-state index is 0.168. The number of carboxylic acid groups (broad SMARTS) is 1. The van der Waals surface area contributed by atoms with E-state index in [1.807, 2.05) is 36.4 Å². The molecule has 0 aliphatic heterocycles. The van der Waals surface area contributed by atoms with Crippen LogP contribution in [0.5, 0.6) is 0 Å². The van der Waals surface area contributed by atoms with Crippen molar-refractivity contribution in [2.24, 2.45) is 5.41 Å². The highest BCUT2D eigenvalue weighted by Crippen LogP contribution is 2.32. The van der Waals surface area contributed by atoms with Crippen LogP contribution in [0.2, 0.25) is 0 Å². The van der Waals surface area contributed by atoms with Gasteiger partial charge in [0.25, 0.3) is 0 Å². The molecule has 0 saturated carbocycles. The molecule has 7 nitrogen and oxygen atoms in total. The van der Waals surface area contributed by atoms with Crippen molar-refractivity contribution in [1.29, 1.82) is 0 Å². The molecule has 0 spiro atoms. The molecule has 1 atom stereocenters. The third kappa shape index (κ3) is 7.18. The standard InChI is InChI=1S/C23H29NO6S/c1-18(25)30-17-23(22(26)27,15-13-19-8-4-3-5-9-19)14-7-11-20-10-6-12-21(16-20)31(28,29)24-2/h3-6,8-10,12,16,24H,7,11,13-15,17H2,1-2H3,(H,26,27). The highest BCUT2D eigenvalue weighted by Gasteiger charge is 2.39. The summed E-state index contributed by atoms with van der Waals surface area (Å²) in [5.74, 6) is -1.52. The molecule has 0 saturated heterocycles. The van der Waals surface area contributed by atoms with Gasteiger partial charge in [0.2, 0.25) is 10.0 Å². The number of carboxylic acids is 1. The fraction of sp³-hybridized carbons (Fsp3) is 0.391. The van der Waals surface area contributed by atoms with Crippen molar-refractivity contribution in [1.82, 2.24) is 4.72 Å². The molecule has 0 aromatic heterocycles. The Hall–Kier alpha value is -2.71. The molecule has 0 fully saturated rings. The molecule has 168 valence electrons. The summed E-state index contributed by atoms with van der Waals surface area (Å²) < 4.78 is 31.4. The van der Waals surface area contributed by atoms with Crippen molar-refractivity contribution in [2.75, 3.05) is 13.7 Å². The number of aliphatic carboxylic acids is 1. The Morgan fingerprint density at radius 1 is 1.00 bits per heavy atom. The number of rotatable bonds is 12. The van der Waals surface area contributed by atoms with E-state index in [1.54, 1.807) is 12.1 Å². The number of carbonyl (C=O) groups excluding carboxylic acids is 1. The lowest BCUT2D eigenvalue weighted by Gasteiger charge is -2.29. The molecule has 0 amide bonds. The molecule has 2 rings (SSSR count). The second-order valence-corrected chi connectivity index (χ2v) is 9.45. The molecule has 31 heavy (non-hydrogen) atoms. The van der Waals surface area contributed by atoms with Crippen LogP contribution in [0.1, 0.15) is 37.3 Å². The van der Waals surface area contributed by atoms with Gasteiger partial charge in [-0.2, -0.15) is 0 Å². The van der Waals surface area contributed by atoms with Crippen LogP contribution in [0.4, 0.5) is 0 Å². The van der Waals surface area contributed by atoms with Crippen LogP contribution in [0.25, 0.3) is 0 Å². The number of ether oxygens (including phenoxy) is 1. The second kappa shape index (κ2) is 11.1. The summed E-state index contributed by atoms with van der Waals surface area (Å²) in [6.45, 7) is 1.07. The summed E-state index contributed by atoms with van der Waals surface area (Å²) in [6, 6.07) is 16.1. The molecule has 2 N–H and O–H groups in total. The highest BCUT2D eigenvalue weighted by molar-refractivity contribution is 7.89. The van der Waals surface area contributed by atoms with E-state index in [4.69, 9.17) is 4.74 Å². The molecule has 0 aliphatic carbocycles. The summed E-state index contributed by atoms with van der Waals surface area (Å²) in [5.41, 5.74) is 0.600. The van der Waals surface area contributed by atoms with Crippen molar-refractivity contribution < 1.29 is 27.9 Å². The molecule has 2 aromatic rings. The first-order valence-corrected chi connectivity index (χ1v) is 11.6. The van der Waals surface area contributed by atoms with Gasteiger partial charge in [-0.3, -0.25) is 9.59 Å². The largest absolute Gasteiger partial charge is 0.481 e. The van der Waals surface area contributed by atoms with Crippen LogP contribution in [0.15, 0.2) is 59.5 Å². The van der Waals surface area contributed by atoms with Gasteiger partial charge in [0, 0.05) is 6.92 Å². The van der Waals surface area contributed by atoms with Gasteiger partial charge in [0.1, 0.15) is 12.0 Å². The maximum absolute atomic E-state index is 12.2. The number of carbonyl (C=O) groups is 2. The number of aryl methyl sites for hydroxylation is 2. The average molecular weight is 448 g/mol. The Morgan fingerprint density at radius 3 is 2.29 bits per heavy atom. The Balaban J connectivity index is 2.14. The smallest absolute Gasteiger partial charge is 0.313 e. The van der Waals surface area contributed by atoms with E-state index in [1.165, 1.54) is 20.0 Å². The molecule has 0 aliphatic rings. The SMILES string of the molecule is CNS(=O)(=O)c1cccc(CCCC(CCc2ccccc2)(COC(C)=O)C(=O)O)c1. The third-order valence-electron chi connectivity index (χ3n) is 5.34. The number of sulfonamides is 1. The number of nitrogens with one attached hydrogen (secondary N) is 1. The van der Waals surface area contributed by atoms with E-state index in [2.05, 4.69) is 4.72 Å². The highest BCUT2D eigenvalue weighted by atomic mass is 32.2. The van der Waals surface area contributed by atoms with Gasteiger partial charge in [-0.15, -0.1) is 0 Å². The summed E-state index contributed by atoms with van der Waals surface area (Å²) in [7, 11) is -2.19. The van der Waals surface area contributed by atoms with Gasteiger partial charge in [-0.25, -0.2) is 13.1 Å².